The molecular formula is C34H32FeN4O10. The molecule has 0 spiro atoms. The minimum Gasteiger partial charge on any atom is -0.657 e. The largest absolute Gasteiger partial charge is 2.00 e. The van der Waals surface area contributed by atoms with Crippen molar-refractivity contribution < 1.29 is 66.3 Å². The summed E-state index contributed by atoms with van der Waals surface area (Å²) in [5.74, 6) is -5.99. The molecular weight excluding hydrogens is 680 g/mol. The third-order valence-corrected chi connectivity index (χ3v) is 9.14. The van der Waals surface area contributed by atoms with Gasteiger partial charge in [-0.2, -0.15) is 0 Å². The van der Waals surface area contributed by atoms with Gasteiger partial charge in [-0.25, -0.2) is 9.97 Å². The topological polar surface area (TPSA) is 237 Å². The molecule has 2 atom stereocenters. The zero-order valence-electron chi connectivity index (χ0n) is 26.9. The predicted octanol–water partition coefficient (Wildman–Crippen LogP) is 3.45. The summed E-state index contributed by atoms with van der Waals surface area (Å²) in [6, 6.07) is 5.66. The summed E-state index contributed by atoms with van der Waals surface area (Å²) >= 11 is 0. The Bertz CT molecular complexity index is 2120. The molecule has 3 aromatic heterocycles. The molecule has 5 rings (SSSR count). The Hall–Kier alpha value is -5.14. The predicted molar refractivity (Wildman–Crippen MR) is 168 cm³/mol. The second kappa shape index (κ2) is 13.4. The van der Waals surface area contributed by atoms with Crippen molar-refractivity contribution in [2.45, 2.75) is 77.0 Å². The van der Waals surface area contributed by atoms with Crippen LogP contribution in [0.2, 0.25) is 0 Å². The van der Waals surface area contributed by atoms with Gasteiger partial charge in [0.1, 0.15) is 11.4 Å². The Morgan fingerprint density at radius 2 is 1.00 bits per heavy atom. The molecule has 4 N–H and O–H groups in total. The third-order valence-electron chi connectivity index (χ3n) is 9.14. The van der Waals surface area contributed by atoms with Crippen molar-refractivity contribution in [1.82, 2.24) is 19.9 Å². The van der Waals surface area contributed by atoms with E-state index in [-0.39, 0.29) is 71.0 Å². The zero-order valence-corrected chi connectivity index (χ0v) is 28.0. The molecule has 0 radical (unpaired) electrons. The molecule has 0 aliphatic carbocycles. The summed E-state index contributed by atoms with van der Waals surface area (Å²) in [6.07, 6.45) is -1.62. The zero-order chi connectivity index (χ0) is 35.3. The Morgan fingerprint density at radius 1 is 0.612 bits per heavy atom. The monoisotopic (exact) mass is 712 g/mol. The first-order valence-electron chi connectivity index (χ1n) is 15.0. The fourth-order valence-corrected chi connectivity index (χ4v) is 6.32. The van der Waals surface area contributed by atoms with Crippen molar-refractivity contribution in [3.8, 4) is 0 Å². The maximum absolute atomic E-state index is 13.9. The number of ketones is 2. The van der Waals surface area contributed by atoms with Gasteiger partial charge in [0.2, 0.25) is 0 Å². The maximum atomic E-state index is 13.9. The van der Waals surface area contributed by atoms with E-state index in [0.29, 0.717) is 38.8 Å². The molecule has 0 fully saturated rings. The van der Waals surface area contributed by atoms with Crippen molar-refractivity contribution in [3.63, 3.8) is 0 Å². The molecule has 2 aliphatic rings. The van der Waals surface area contributed by atoms with Crippen molar-refractivity contribution in [1.29, 1.82) is 0 Å². The fourth-order valence-electron chi connectivity index (χ4n) is 6.32. The normalized spacial score (nSPS) is 18.6. The van der Waals surface area contributed by atoms with E-state index in [1.165, 1.54) is 32.0 Å². The number of hydrogen-bond donors (Lipinski definition) is 4. The third kappa shape index (κ3) is 6.76. The molecule has 15 heteroatoms. The number of Topliss-reactive ketones (excluding diaryl/α,β-unsaturated/α-hetero) is 2. The van der Waals surface area contributed by atoms with Crippen LogP contribution in [0.3, 0.4) is 0 Å². The average molecular weight is 712 g/mol. The first-order valence-corrected chi connectivity index (χ1v) is 15.0. The minimum absolute atomic E-state index is 0. The van der Waals surface area contributed by atoms with Gasteiger partial charge in [-0.1, -0.05) is 34.4 Å². The van der Waals surface area contributed by atoms with Gasteiger partial charge in [-0.15, -0.1) is 22.1 Å². The van der Waals surface area contributed by atoms with Crippen LogP contribution < -0.4 is 9.97 Å². The quantitative estimate of drug-likeness (QED) is 0.220. The Balaban J connectivity index is 0.00000541. The molecule has 0 unspecified atom stereocenters. The van der Waals surface area contributed by atoms with E-state index in [9.17, 15) is 49.2 Å². The molecule has 5 heterocycles. The molecule has 3 aromatic rings. The maximum Gasteiger partial charge on any atom is 2.00 e. The van der Waals surface area contributed by atoms with E-state index in [4.69, 9.17) is 9.97 Å². The van der Waals surface area contributed by atoms with Gasteiger partial charge in [-0.3, -0.25) is 28.8 Å². The number of nitrogens with zero attached hydrogens (tertiary/aromatic N) is 4. The number of aryl methyl sites for hydroxylation is 4. The standard InChI is InChI=1S/C34H34N4O10.Fe/c1-15-17(5-7-27(39)40)21-10-22-18(6-8-28(41)42)16(2)20(36-22)11-25-33(3,13-29(43)44)32(48)24(38-25)12-26-34(4,14-30(45)46)31(47)23(37-26)9-19(15)35-21;/h9-12H,5-8,13-14H2,1-4H3,(H6,35,36,37,38,39,40,41,42,43,44,45,46,47,48);/q;+2/p-2/t33-,34+;/m1./s1. The van der Waals surface area contributed by atoms with Gasteiger partial charge >= 0.3 is 40.9 Å². The molecule has 2 aliphatic heterocycles. The van der Waals surface area contributed by atoms with Crippen LogP contribution in [0, 0.1) is 13.8 Å². The van der Waals surface area contributed by atoms with Gasteiger partial charge in [0.05, 0.1) is 35.1 Å². The number of carbonyl (C=O) groups is 6. The number of carbonyl (C=O) groups excluding carboxylic acids is 2. The minimum atomic E-state index is -1.71. The summed E-state index contributed by atoms with van der Waals surface area (Å²) in [4.78, 5) is 93.1. The van der Waals surface area contributed by atoms with E-state index in [0.717, 1.165) is 0 Å². The molecule has 14 nitrogen and oxygen atoms in total. The fraction of sp³-hybridized carbons (Fsp3) is 0.353. The Morgan fingerprint density at radius 3 is 1.41 bits per heavy atom. The van der Waals surface area contributed by atoms with E-state index in [2.05, 4.69) is 9.97 Å². The molecule has 0 amide bonds. The van der Waals surface area contributed by atoms with Crippen LogP contribution in [0.1, 0.15) is 94.1 Å². The summed E-state index contributed by atoms with van der Waals surface area (Å²) in [7, 11) is 0. The second-order valence-electron chi connectivity index (χ2n) is 12.6. The second-order valence-corrected chi connectivity index (χ2v) is 12.6. The van der Waals surface area contributed by atoms with Crippen molar-refractivity contribution in [2.75, 3.05) is 0 Å². The van der Waals surface area contributed by atoms with E-state index in [1.807, 2.05) is 0 Å². The van der Waals surface area contributed by atoms with Crippen molar-refractivity contribution in [2.24, 2.45) is 0 Å². The number of carboxylic acid groups (broad SMARTS) is 4. The van der Waals surface area contributed by atoms with Gasteiger partial charge < -0.3 is 30.4 Å². The van der Waals surface area contributed by atoms with E-state index in [1.54, 1.807) is 19.9 Å². The summed E-state index contributed by atoms with van der Waals surface area (Å²) in [6.45, 7) is 6.22. The van der Waals surface area contributed by atoms with Gasteiger partial charge in [0, 0.05) is 12.8 Å². The number of hydrogen-bond acceptors (Lipinski definition) is 8. The number of aliphatic carboxylic acids is 4. The first-order chi connectivity index (χ1) is 22.4. The molecule has 0 saturated heterocycles. The Kier molecular flexibility index (Phi) is 10.0. The van der Waals surface area contributed by atoms with Gasteiger partial charge in [-0.05, 0) is 52.7 Å². The van der Waals surface area contributed by atoms with Crippen LogP contribution >= 0.6 is 0 Å². The molecule has 0 saturated carbocycles. The van der Waals surface area contributed by atoms with Crippen molar-refractivity contribution in [3.05, 3.63) is 69.3 Å². The van der Waals surface area contributed by atoms with Crippen LogP contribution in [0.5, 0.6) is 0 Å². The van der Waals surface area contributed by atoms with E-state index >= 15 is 0 Å². The first kappa shape index (κ1) is 36.7. The number of fused-ring (bicyclic) bond motifs is 8. The smallest absolute Gasteiger partial charge is 0.657 e. The molecule has 256 valence electrons. The van der Waals surface area contributed by atoms with Crippen molar-refractivity contribution >= 4 is 57.5 Å². The average Bonchev–Trinajstić information content (AvgIpc) is 3.58. The summed E-state index contributed by atoms with van der Waals surface area (Å²) < 4.78 is 0. The van der Waals surface area contributed by atoms with Gasteiger partial charge in [0.25, 0.3) is 0 Å². The summed E-state index contributed by atoms with van der Waals surface area (Å²) in [5, 5.41) is 38.4. The number of carboxylic acids is 4. The number of rotatable bonds is 10. The van der Waals surface area contributed by atoms with Gasteiger partial charge in [0.15, 0.2) is 11.6 Å². The SMILES string of the molecule is Cc1c(CCC(=O)O)c2cc3[n-]c(cc4nc(cc5nc(cc1[n-]2)C(=O)[C@@]5(C)CC(=O)O)C(=O)[C@]4(C)CC(=O)O)c(C)c3CCC(=O)O.[Fe+2]. The number of aromatic nitrogens is 4. The molecule has 49 heavy (non-hydrogen) atoms. The van der Waals surface area contributed by atoms with E-state index < -0.39 is 59.1 Å². The van der Waals surface area contributed by atoms with Crippen LogP contribution in [0.4, 0.5) is 0 Å². The molecule has 0 aromatic carbocycles. The van der Waals surface area contributed by atoms with Crippen LogP contribution in [0.25, 0.3) is 22.1 Å². The van der Waals surface area contributed by atoms with Crippen LogP contribution in [0.15, 0.2) is 24.3 Å². The summed E-state index contributed by atoms with van der Waals surface area (Å²) in [5.41, 5.74) is -0.243. The Labute approximate surface area is 289 Å². The van der Waals surface area contributed by atoms with Crippen LogP contribution in [-0.4, -0.2) is 65.8 Å². The van der Waals surface area contributed by atoms with Crippen LogP contribution in [-0.2, 0) is 59.9 Å². The molecule has 8 bridgehead atoms.